The van der Waals surface area contributed by atoms with E-state index in [1.807, 2.05) is 0 Å². The maximum absolute atomic E-state index is 6.04. The molecular formula is C15H25N3OS. The van der Waals surface area contributed by atoms with Gasteiger partial charge in [-0.3, -0.25) is 4.90 Å². The molecule has 2 fully saturated rings. The second-order valence-electron chi connectivity index (χ2n) is 5.90. The molecule has 0 bridgehead atoms. The summed E-state index contributed by atoms with van der Waals surface area (Å²) in [4.78, 5) is 7.38. The minimum atomic E-state index is 0.182. The standard InChI is InChI=1S/C15H25N3OS/c1-3-6-16-11(2)13-10-20-15(17-13)14-8-18-7-4-5-12(18)9-19-14/h10-12,14,16H,3-9H2,1-2H3. The van der Waals surface area contributed by atoms with Crippen LogP contribution in [0, 0.1) is 0 Å². The maximum atomic E-state index is 6.04. The Labute approximate surface area is 125 Å². The molecule has 4 nitrogen and oxygen atoms in total. The van der Waals surface area contributed by atoms with E-state index in [4.69, 9.17) is 9.72 Å². The first kappa shape index (κ1) is 14.4. The summed E-state index contributed by atoms with van der Waals surface area (Å²) in [7, 11) is 0. The Hall–Kier alpha value is -0.490. The van der Waals surface area contributed by atoms with Crippen molar-refractivity contribution in [2.75, 3.05) is 26.2 Å². The van der Waals surface area contributed by atoms with Crippen molar-refractivity contribution in [2.45, 2.75) is 51.3 Å². The lowest BCUT2D eigenvalue weighted by atomic mass is 10.2. The van der Waals surface area contributed by atoms with Crippen LogP contribution in [0.2, 0.25) is 0 Å². The Balaban J connectivity index is 1.61. The highest BCUT2D eigenvalue weighted by atomic mass is 32.1. The van der Waals surface area contributed by atoms with Gasteiger partial charge in [0.05, 0.1) is 12.3 Å². The molecule has 3 atom stereocenters. The fourth-order valence-electron chi connectivity index (χ4n) is 3.08. The van der Waals surface area contributed by atoms with E-state index in [1.54, 1.807) is 11.3 Å². The summed E-state index contributed by atoms with van der Waals surface area (Å²) in [6, 6.07) is 0.999. The molecule has 0 spiro atoms. The average Bonchev–Trinajstić information content (AvgIpc) is 3.12. The normalized spacial score (nSPS) is 28.5. The van der Waals surface area contributed by atoms with E-state index in [9.17, 15) is 0 Å². The van der Waals surface area contributed by atoms with Crippen LogP contribution in [0.25, 0.3) is 0 Å². The van der Waals surface area contributed by atoms with Crippen LogP contribution in [-0.4, -0.2) is 42.2 Å². The molecular weight excluding hydrogens is 270 g/mol. The van der Waals surface area contributed by atoms with Crippen LogP contribution < -0.4 is 5.32 Å². The van der Waals surface area contributed by atoms with Crippen molar-refractivity contribution in [3.63, 3.8) is 0 Å². The minimum Gasteiger partial charge on any atom is -0.368 e. The predicted octanol–water partition coefficient (Wildman–Crippen LogP) is 2.74. The summed E-state index contributed by atoms with van der Waals surface area (Å²) >= 11 is 1.75. The van der Waals surface area contributed by atoms with Crippen molar-refractivity contribution in [1.29, 1.82) is 0 Å². The number of nitrogens with one attached hydrogen (secondary N) is 1. The van der Waals surface area contributed by atoms with E-state index < -0.39 is 0 Å². The summed E-state index contributed by atoms with van der Waals surface area (Å²) in [5.74, 6) is 0. The van der Waals surface area contributed by atoms with Gasteiger partial charge >= 0.3 is 0 Å². The number of fused-ring (bicyclic) bond motifs is 1. The van der Waals surface area contributed by atoms with Gasteiger partial charge in [0.15, 0.2) is 0 Å². The SMILES string of the molecule is CCCNC(C)c1csc(C2CN3CCCC3CO2)n1. The third-order valence-electron chi connectivity index (χ3n) is 4.35. The number of nitrogens with zero attached hydrogens (tertiary/aromatic N) is 2. The summed E-state index contributed by atoms with van der Waals surface area (Å²) in [6.45, 7) is 8.56. The molecule has 0 amide bonds. The van der Waals surface area contributed by atoms with Gasteiger partial charge in [0.2, 0.25) is 0 Å². The highest BCUT2D eigenvalue weighted by Crippen LogP contribution is 2.32. The topological polar surface area (TPSA) is 37.4 Å². The smallest absolute Gasteiger partial charge is 0.123 e. The van der Waals surface area contributed by atoms with E-state index >= 15 is 0 Å². The molecule has 2 aliphatic rings. The molecule has 1 aromatic rings. The molecule has 3 unspecified atom stereocenters. The van der Waals surface area contributed by atoms with Crippen molar-refractivity contribution in [3.8, 4) is 0 Å². The first-order valence-corrected chi connectivity index (χ1v) is 8.70. The molecule has 1 N–H and O–H groups in total. The first-order chi connectivity index (χ1) is 9.78. The fraction of sp³-hybridized carbons (Fsp3) is 0.800. The third-order valence-corrected chi connectivity index (χ3v) is 5.30. The van der Waals surface area contributed by atoms with Crippen molar-refractivity contribution in [2.24, 2.45) is 0 Å². The van der Waals surface area contributed by atoms with E-state index in [-0.39, 0.29) is 6.10 Å². The number of ether oxygens (including phenoxy) is 1. The zero-order valence-electron chi connectivity index (χ0n) is 12.5. The number of hydrogen-bond acceptors (Lipinski definition) is 5. The van der Waals surface area contributed by atoms with E-state index in [0.717, 1.165) is 36.8 Å². The molecule has 112 valence electrons. The van der Waals surface area contributed by atoms with E-state index in [1.165, 1.54) is 19.4 Å². The van der Waals surface area contributed by atoms with Crippen LogP contribution in [0.1, 0.15) is 56.0 Å². The molecule has 20 heavy (non-hydrogen) atoms. The maximum Gasteiger partial charge on any atom is 0.123 e. The zero-order chi connectivity index (χ0) is 13.9. The van der Waals surface area contributed by atoms with Gasteiger partial charge in [-0.25, -0.2) is 4.98 Å². The number of rotatable bonds is 5. The van der Waals surface area contributed by atoms with Crippen LogP contribution in [0.15, 0.2) is 5.38 Å². The Morgan fingerprint density at radius 3 is 3.35 bits per heavy atom. The quantitative estimate of drug-likeness (QED) is 0.906. The monoisotopic (exact) mass is 295 g/mol. The molecule has 2 aliphatic heterocycles. The number of morpholine rings is 1. The molecule has 0 aromatic carbocycles. The molecule has 0 aliphatic carbocycles. The highest BCUT2D eigenvalue weighted by Gasteiger charge is 2.34. The third kappa shape index (κ3) is 3.06. The van der Waals surface area contributed by atoms with Gasteiger partial charge in [-0.2, -0.15) is 0 Å². The molecule has 0 saturated carbocycles. The predicted molar refractivity (Wildman–Crippen MR) is 82.1 cm³/mol. The second kappa shape index (κ2) is 6.52. The van der Waals surface area contributed by atoms with Crippen LogP contribution in [0.4, 0.5) is 0 Å². The van der Waals surface area contributed by atoms with Gasteiger partial charge in [0, 0.05) is 24.0 Å². The van der Waals surface area contributed by atoms with Crippen LogP contribution in [-0.2, 0) is 4.74 Å². The molecule has 2 saturated heterocycles. The van der Waals surface area contributed by atoms with Gasteiger partial charge in [-0.15, -0.1) is 11.3 Å². The molecule has 3 rings (SSSR count). The summed E-state index contributed by atoms with van der Waals surface area (Å²) in [5.41, 5.74) is 1.16. The summed E-state index contributed by atoms with van der Waals surface area (Å²) in [5, 5.41) is 6.83. The summed E-state index contributed by atoms with van der Waals surface area (Å²) < 4.78 is 6.04. The van der Waals surface area contributed by atoms with Crippen molar-refractivity contribution >= 4 is 11.3 Å². The minimum absolute atomic E-state index is 0.182. The Morgan fingerprint density at radius 2 is 2.50 bits per heavy atom. The highest BCUT2D eigenvalue weighted by molar-refractivity contribution is 7.09. The van der Waals surface area contributed by atoms with E-state index in [2.05, 4.69) is 29.4 Å². The number of hydrogen-bond donors (Lipinski definition) is 1. The lowest BCUT2D eigenvalue weighted by Gasteiger charge is -2.34. The van der Waals surface area contributed by atoms with Gasteiger partial charge < -0.3 is 10.1 Å². The van der Waals surface area contributed by atoms with Gasteiger partial charge in [0.25, 0.3) is 0 Å². The van der Waals surface area contributed by atoms with Gasteiger partial charge in [0.1, 0.15) is 11.1 Å². The van der Waals surface area contributed by atoms with Crippen LogP contribution >= 0.6 is 11.3 Å². The number of thiazole rings is 1. The Bertz CT molecular complexity index is 437. The average molecular weight is 295 g/mol. The first-order valence-electron chi connectivity index (χ1n) is 7.82. The molecule has 1 aromatic heterocycles. The van der Waals surface area contributed by atoms with Crippen LogP contribution in [0.5, 0.6) is 0 Å². The lowest BCUT2D eigenvalue weighted by molar-refractivity contribution is -0.0503. The zero-order valence-corrected chi connectivity index (χ0v) is 13.3. The van der Waals surface area contributed by atoms with Crippen LogP contribution in [0.3, 0.4) is 0 Å². The molecule has 5 heteroatoms. The van der Waals surface area contributed by atoms with Gasteiger partial charge in [-0.1, -0.05) is 6.92 Å². The molecule has 3 heterocycles. The lowest BCUT2D eigenvalue weighted by Crippen LogP contribution is -2.42. The Morgan fingerprint density at radius 1 is 1.60 bits per heavy atom. The fourth-order valence-corrected chi connectivity index (χ4v) is 4.03. The molecule has 0 radical (unpaired) electrons. The van der Waals surface area contributed by atoms with Crippen molar-refractivity contribution in [3.05, 3.63) is 16.1 Å². The van der Waals surface area contributed by atoms with Crippen molar-refractivity contribution in [1.82, 2.24) is 15.2 Å². The number of aromatic nitrogens is 1. The van der Waals surface area contributed by atoms with E-state index in [0.29, 0.717) is 12.1 Å². The largest absolute Gasteiger partial charge is 0.368 e. The van der Waals surface area contributed by atoms with Crippen molar-refractivity contribution < 1.29 is 4.74 Å². The van der Waals surface area contributed by atoms with Gasteiger partial charge in [-0.05, 0) is 39.3 Å². The second-order valence-corrected chi connectivity index (χ2v) is 6.79. The Kier molecular flexibility index (Phi) is 4.71. The summed E-state index contributed by atoms with van der Waals surface area (Å²) in [6.07, 6.45) is 3.96.